The Morgan fingerprint density at radius 3 is 2.65 bits per heavy atom. The van der Waals surface area contributed by atoms with E-state index in [4.69, 9.17) is 4.74 Å². The number of aryl methyl sites for hydroxylation is 1. The normalized spacial score (nSPS) is 19.5. The van der Waals surface area contributed by atoms with E-state index in [0.717, 1.165) is 11.1 Å². The lowest BCUT2D eigenvalue weighted by molar-refractivity contribution is -0.140. The van der Waals surface area contributed by atoms with E-state index in [-0.39, 0.29) is 11.3 Å². The van der Waals surface area contributed by atoms with Crippen molar-refractivity contribution in [3.63, 3.8) is 0 Å². The zero-order valence-corrected chi connectivity index (χ0v) is 15.8. The van der Waals surface area contributed by atoms with Gasteiger partial charge in [-0.15, -0.1) is 0 Å². The fourth-order valence-electron chi connectivity index (χ4n) is 3.32. The average Bonchev–Trinajstić information content (AvgIpc) is 2.59. The van der Waals surface area contributed by atoms with Gasteiger partial charge in [0.25, 0.3) is 5.91 Å². The molecule has 2 aromatic carbocycles. The molecule has 2 aromatic rings. The molecule has 0 saturated carbocycles. The summed E-state index contributed by atoms with van der Waals surface area (Å²) in [5, 5.41) is 2.99. The number of fused-ring (bicyclic) bond motifs is 1. The van der Waals surface area contributed by atoms with E-state index in [2.05, 4.69) is 44.3 Å². The lowest BCUT2D eigenvalue weighted by Gasteiger charge is -2.34. The Morgan fingerprint density at radius 1 is 1.19 bits per heavy atom. The fraction of sp³-hybridized carbons (Fsp3) is 0.364. The predicted octanol–water partition coefficient (Wildman–Crippen LogP) is 3.56. The summed E-state index contributed by atoms with van der Waals surface area (Å²) in [6.07, 6.45) is 0.381. The van der Waals surface area contributed by atoms with Crippen LogP contribution in [0.15, 0.2) is 48.5 Å². The molecule has 1 heterocycles. The van der Waals surface area contributed by atoms with Gasteiger partial charge in [-0.1, -0.05) is 61.9 Å². The van der Waals surface area contributed by atoms with Crippen molar-refractivity contribution in [3.05, 3.63) is 70.8 Å². The van der Waals surface area contributed by atoms with Gasteiger partial charge in [0.15, 0.2) is 5.60 Å². The van der Waals surface area contributed by atoms with Gasteiger partial charge in [-0.25, -0.2) is 4.79 Å². The molecule has 0 bridgehead atoms. The summed E-state index contributed by atoms with van der Waals surface area (Å²) < 4.78 is 5.50. The Bertz CT molecular complexity index is 856. The van der Waals surface area contributed by atoms with Crippen LogP contribution in [0.4, 0.5) is 0 Å². The molecule has 4 heteroatoms. The summed E-state index contributed by atoms with van der Waals surface area (Å²) in [5.41, 5.74) is 2.32. The number of benzene rings is 2. The van der Waals surface area contributed by atoms with Crippen LogP contribution < -0.4 is 5.32 Å². The summed E-state index contributed by atoms with van der Waals surface area (Å²) in [6, 6.07) is 15.5. The number of carbonyl (C=O) groups is 2. The quantitative estimate of drug-likeness (QED) is 0.857. The molecule has 1 aliphatic rings. The Balaban J connectivity index is 1.73. The van der Waals surface area contributed by atoms with E-state index in [9.17, 15) is 9.59 Å². The highest BCUT2D eigenvalue weighted by Crippen LogP contribution is 2.29. The van der Waals surface area contributed by atoms with Gasteiger partial charge >= 0.3 is 5.97 Å². The molecule has 4 nitrogen and oxygen atoms in total. The smallest absolute Gasteiger partial charge is 0.339 e. The number of hydrogen-bond donors (Lipinski definition) is 1. The first kappa shape index (κ1) is 18.2. The van der Waals surface area contributed by atoms with Crippen molar-refractivity contribution < 1.29 is 14.3 Å². The summed E-state index contributed by atoms with van der Waals surface area (Å²) in [5.74, 6) is -0.705. The van der Waals surface area contributed by atoms with E-state index in [1.807, 2.05) is 18.2 Å². The van der Waals surface area contributed by atoms with Crippen LogP contribution >= 0.6 is 0 Å². The maximum Gasteiger partial charge on any atom is 0.339 e. The number of amides is 1. The first-order valence-electron chi connectivity index (χ1n) is 8.88. The maximum absolute atomic E-state index is 12.8. The number of nitrogens with one attached hydrogen (secondary N) is 1. The summed E-state index contributed by atoms with van der Waals surface area (Å²) in [7, 11) is 0. The predicted molar refractivity (Wildman–Crippen MR) is 101 cm³/mol. The van der Waals surface area contributed by atoms with Crippen molar-refractivity contribution in [2.45, 2.75) is 45.1 Å². The van der Waals surface area contributed by atoms with E-state index in [1.165, 1.54) is 5.56 Å². The number of carbonyl (C=O) groups excluding carboxylic acids is 2. The van der Waals surface area contributed by atoms with Crippen LogP contribution in [-0.2, 0) is 21.4 Å². The highest BCUT2D eigenvalue weighted by molar-refractivity contribution is 5.97. The monoisotopic (exact) mass is 351 g/mol. The minimum atomic E-state index is -1.19. The van der Waals surface area contributed by atoms with Crippen LogP contribution in [-0.4, -0.2) is 24.0 Å². The fourth-order valence-corrected chi connectivity index (χ4v) is 3.32. The van der Waals surface area contributed by atoms with Gasteiger partial charge in [0.2, 0.25) is 0 Å². The van der Waals surface area contributed by atoms with Crippen LogP contribution in [0.2, 0.25) is 0 Å². The molecule has 1 aliphatic heterocycles. The third kappa shape index (κ3) is 3.50. The molecule has 0 saturated heterocycles. The molecule has 0 aliphatic carbocycles. The van der Waals surface area contributed by atoms with Crippen LogP contribution in [0.3, 0.4) is 0 Å². The Morgan fingerprint density at radius 2 is 1.92 bits per heavy atom. The van der Waals surface area contributed by atoms with E-state index in [0.29, 0.717) is 18.5 Å². The van der Waals surface area contributed by atoms with Gasteiger partial charge in [-0.2, -0.15) is 0 Å². The van der Waals surface area contributed by atoms with Crippen molar-refractivity contribution in [1.82, 2.24) is 5.32 Å². The minimum absolute atomic E-state index is 0.228. The molecule has 1 N–H and O–H groups in total. The molecule has 136 valence electrons. The van der Waals surface area contributed by atoms with E-state index < -0.39 is 11.6 Å². The Labute approximate surface area is 154 Å². The van der Waals surface area contributed by atoms with Gasteiger partial charge in [0.05, 0.1) is 5.56 Å². The number of cyclic esters (lactones) is 1. The first-order valence-corrected chi connectivity index (χ1v) is 8.88. The third-order valence-corrected chi connectivity index (χ3v) is 5.05. The number of ether oxygens (including phenoxy) is 1. The van der Waals surface area contributed by atoms with Crippen LogP contribution in [0.25, 0.3) is 0 Å². The molecular formula is C22H25NO3. The van der Waals surface area contributed by atoms with Crippen LogP contribution in [0, 0.1) is 6.92 Å². The summed E-state index contributed by atoms with van der Waals surface area (Å²) >= 11 is 0. The SMILES string of the molecule is Cc1cccc(C(C)(C)CNC(=O)C2(C)Cc3ccccc3C(=O)O2)c1. The highest BCUT2D eigenvalue weighted by Gasteiger charge is 2.42. The molecular weight excluding hydrogens is 326 g/mol. The molecule has 0 spiro atoms. The van der Waals surface area contributed by atoms with Gasteiger partial charge in [-0.05, 0) is 31.0 Å². The minimum Gasteiger partial charge on any atom is -0.445 e. The van der Waals surface area contributed by atoms with Gasteiger partial charge in [0.1, 0.15) is 0 Å². The Hall–Kier alpha value is -2.62. The summed E-state index contributed by atoms with van der Waals surface area (Å²) in [4.78, 5) is 25.1. The zero-order valence-electron chi connectivity index (χ0n) is 15.8. The molecule has 1 atom stereocenters. The molecule has 0 radical (unpaired) electrons. The Kier molecular flexibility index (Phi) is 4.61. The van der Waals surface area contributed by atoms with Gasteiger partial charge in [-0.3, -0.25) is 4.79 Å². The average molecular weight is 351 g/mol. The van der Waals surface area contributed by atoms with Gasteiger partial charge < -0.3 is 10.1 Å². The third-order valence-electron chi connectivity index (χ3n) is 5.05. The number of esters is 1. The largest absolute Gasteiger partial charge is 0.445 e. The van der Waals surface area contributed by atoms with Crippen molar-refractivity contribution in [2.75, 3.05) is 6.54 Å². The second-order valence-corrected chi connectivity index (χ2v) is 7.89. The van der Waals surface area contributed by atoms with Crippen molar-refractivity contribution >= 4 is 11.9 Å². The second kappa shape index (κ2) is 6.60. The molecule has 3 rings (SSSR count). The van der Waals surface area contributed by atoms with Crippen molar-refractivity contribution in [2.24, 2.45) is 0 Å². The number of hydrogen-bond acceptors (Lipinski definition) is 3. The highest BCUT2D eigenvalue weighted by atomic mass is 16.6. The molecule has 1 amide bonds. The summed E-state index contributed by atoms with van der Waals surface area (Å²) in [6.45, 7) is 8.37. The van der Waals surface area contributed by atoms with Crippen molar-refractivity contribution in [3.8, 4) is 0 Å². The van der Waals surface area contributed by atoms with E-state index in [1.54, 1.807) is 19.1 Å². The standard InChI is InChI=1S/C22H25NO3/c1-15-8-7-10-17(12-15)21(2,3)14-23-20(25)22(4)13-16-9-5-6-11-18(16)19(24)26-22/h5-12H,13-14H2,1-4H3,(H,23,25). The lowest BCUT2D eigenvalue weighted by atomic mass is 9.83. The van der Waals surface area contributed by atoms with Crippen LogP contribution in [0.5, 0.6) is 0 Å². The van der Waals surface area contributed by atoms with Crippen LogP contribution in [0.1, 0.15) is 47.8 Å². The maximum atomic E-state index is 12.8. The number of rotatable bonds is 4. The zero-order chi connectivity index (χ0) is 18.9. The molecule has 0 aromatic heterocycles. The molecule has 26 heavy (non-hydrogen) atoms. The first-order chi connectivity index (χ1) is 12.2. The molecule has 0 fully saturated rings. The second-order valence-electron chi connectivity index (χ2n) is 7.89. The molecule has 1 unspecified atom stereocenters. The topological polar surface area (TPSA) is 55.4 Å². The van der Waals surface area contributed by atoms with E-state index >= 15 is 0 Å². The van der Waals surface area contributed by atoms with Gasteiger partial charge in [0, 0.05) is 18.4 Å². The van der Waals surface area contributed by atoms with Crippen molar-refractivity contribution in [1.29, 1.82) is 0 Å². The lowest BCUT2D eigenvalue weighted by Crippen LogP contribution is -2.53.